The SMILES string of the molecule is COC=C(OC)[SiH2]C1CCCCO1. The number of hydrogen-bond donors (Lipinski definition) is 0. The third-order valence-electron chi connectivity index (χ3n) is 2.21. The van der Waals surface area contributed by atoms with Crippen molar-refractivity contribution in [1.82, 2.24) is 0 Å². The largest absolute Gasteiger partial charge is 0.504 e. The Balaban J connectivity index is 2.31. The van der Waals surface area contributed by atoms with Crippen molar-refractivity contribution < 1.29 is 14.2 Å². The molecule has 1 fully saturated rings. The van der Waals surface area contributed by atoms with Gasteiger partial charge in [0.15, 0.2) is 0 Å². The van der Waals surface area contributed by atoms with Gasteiger partial charge in [-0.15, -0.1) is 0 Å². The molecule has 0 radical (unpaired) electrons. The lowest BCUT2D eigenvalue weighted by atomic mass is 10.2. The molecule has 4 heteroatoms. The molecule has 1 atom stereocenters. The first-order chi connectivity index (χ1) is 6.36. The lowest BCUT2D eigenvalue weighted by Gasteiger charge is -2.22. The molecular formula is C9H18O3Si. The summed E-state index contributed by atoms with van der Waals surface area (Å²) < 4.78 is 15.8. The van der Waals surface area contributed by atoms with E-state index in [-0.39, 0.29) is 0 Å². The average molecular weight is 202 g/mol. The van der Waals surface area contributed by atoms with Crippen molar-refractivity contribution in [2.24, 2.45) is 0 Å². The summed E-state index contributed by atoms with van der Waals surface area (Å²) >= 11 is 0. The fourth-order valence-electron chi connectivity index (χ4n) is 1.50. The number of rotatable bonds is 4. The molecule has 0 bridgehead atoms. The molecule has 0 aliphatic carbocycles. The van der Waals surface area contributed by atoms with Crippen LogP contribution in [0.5, 0.6) is 0 Å². The van der Waals surface area contributed by atoms with Gasteiger partial charge in [-0.1, -0.05) is 0 Å². The molecule has 1 heterocycles. The molecule has 0 aromatic heterocycles. The van der Waals surface area contributed by atoms with Gasteiger partial charge in [0.2, 0.25) is 0 Å². The van der Waals surface area contributed by atoms with Crippen LogP contribution in [-0.4, -0.2) is 36.1 Å². The topological polar surface area (TPSA) is 27.7 Å². The lowest BCUT2D eigenvalue weighted by molar-refractivity contribution is 0.0642. The van der Waals surface area contributed by atoms with E-state index in [1.165, 1.54) is 19.3 Å². The van der Waals surface area contributed by atoms with Gasteiger partial charge in [-0.25, -0.2) is 0 Å². The van der Waals surface area contributed by atoms with Crippen LogP contribution in [0, 0.1) is 0 Å². The highest BCUT2D eigenvalue weighted by Crippen LogP contribution is 2.13. The second-order valence-electron chi connectivity index (χ2n) is 3.22. The van der Waals surface area contributed by atoms with E-state index in [4.69, 9.17) is 14.2 Å². The highest BCUT2D eigenvalue weighted by molar-refractivity contribution is 6.45. The van der Waals surface area contributed by atoms with Crippen LogP contribution in [0.1, 0.15) is 19.3 Å². The molecule has 76 valence electrons. The van der Waals surface area contributed by atoms with Gasteiger partial charge in [0, 0.05) is 6.61 Å². The Labute approximate surface area is 81.9 Å². The standard InChI is InChI=1S/C9H18O3Si/c1-10-7-9(11-2)13-8-5-3-4-6-12-8/h7-8H,3-6,13H2,1-2H3. The summed E-state index contributed by atoms with van der Waals surface area (Å²) in [6, 6.07) is 0. The van der Waals surface area contributed by atoms with Crippen LogP contribution in [-0.2, 0) is 14.2 Å². The second kappa shape index (κ2) is 6.04. The molecule has 0 amide bonds. The van der Waals surface area contributed by atoms with E-state index in [1.54, 1.807) is 20.5 Å². The van der Waals surface area contributed by atoms with Crippen molar-refractivity contribution in [3.05, 3.63) is 11.6 Å². The molecule has 0 aromatic rings. The molecule has 0 spiro atoms. The van der Waals surface area contributed by atoms with Crippen LogP contribution in [0.4, 0.5) is 0 Å². The Bertz CT molecular complexity index is 164. The van der Waals surface area contributed by atoms with E-state index in [0.717, 1.165) is 12.0 Å². The number of hydrogen-bond acceptors (Lipinski definition) is 3. The fourth-order valence-corrected chi connectivity index (χ4v) is 3.16. The first-order valence-electron chi connectivity index (χ1n) is 4.74. The minimum Gasteiger partial charge on any atom is -0.504 e. The predicted octanol–water partition coefficient (Wildman–Crippen LogP) is 0.773. The van der Waals surface area contributed by atoms with Gasteiger partial charge in [0.05, 0.1) is 19.9 Å². The zero-order chi connectivity index (χ0) is 9.52. The number of methoxy groups -OCH3 is 2. The second-order valence-corrected chi connectivity index (χ2v) is 5.23. The molecule has 0 N–H and O–H groups in total. The lowest BCUT2D eigenvalue weighted by Crippen LogP contribution is -2.27. The van der Waals surface area contributed by atoms with Crippen molar-refractivity contribution in [3.63, 3.8) is 0 Å². The fraction of sp³-hybridized carbons (Fsp3) is 0.778. The summed E-state index contributed by atoms with van der Waals surface area (Å²) in [4.78, 5) is 0. The minimum atomic E-state index is -0.440. The van der Waals surface area contributed by atoms with Gasteiger partial charge in [-0.05, 0) is 19.3 Å². The maximum atomic E-state index is 5.64. The van der Waals surface area contributed by atoms with E-state index in [2.05, 4.69) is 0 Å². The molecule has 0 saturated carbocycles. The van der Waals surface area contributed by atoms with E-state index < -0.39 is 9.52 Å². The van der Waals surface area contributed by atoms with Gasteiger partial charge in [-0.2, -0.15) is 0 Å². The van der Waals surface area contributed by atoms with Gasteiger partial charge >= 0.3 is 0 Å². The quantitative estimate of drug-likeness (QED) is 0.498. The first kappa shape index (κ1) is 10.6. The van der Waals surface area contributed by atoms with Crippen molar-refractivity contribution in [2.45, 2.75) is 25.0 Å². The van der Waals surface area contributed by atoms with Crippen LogP contribution in [0.25, 0.3) is 0 Å². The van der Waals surface area contributed by atoms with E-state index in [1.807, 2.05) is 0 Å². The van der Waals surface area contributed by atoms with Crippen LogP contribution in [0.3, 0.4) is 0 Å². The average Bonchev–Trinajstić information content (AvgIpc) is 2.19. The molecule has 1 aliphatic rings. The zero-order valence-corrected chi connectivity index (χ0v) is 9.83. The Morgan fingerprint density at radius 2 is 2.31 bits per heavy atom. The molecule has 1 aliphatic heterocycles. The van der Waals surface area contributed by atoms with Gasteiger partial charge in [-0.3, -0.25) is 0 Å². The molecule has 1 unspecified atom stereocenters. The van der Waals surface area contributed by atoms with Crippen molar-refractivity contribution in [1.29, 1.82) is 0 Å². The normalized spacial score (nSPS) is 25.1. The van der Waals surface area contributed by atoms with Crippen LogP contribution < -0.4 is 0 Å². The Hall–Kier alpha value is -0.483. The summed E-state index contributed by atoms with van der Waals surface area (Å²) in [6.45, 7) is 0.918. The maximum Gasteiger partial charge on any atom is 0.137 e. The summed E-state index contributed by atoms with van der Waals surface area (Å²) in [6.07, 6.45) is 5.39. The first-order valence-corrected chi connectivity index (χ1v) is 6.26. The maximum absolute atomic E-state index is 5.64. The summed E-state index contributed by atoms with van der Waals surface area (Å²) in [5.41, 5.74) is 0.454. The molecule has 3 nitrogen and oxygen atoms in total. The molecule has 1 saturated heterocycles. The van der Waals surface area contributed by atoms with Gasteiger partial charge in [0.25, 0.3) is 0 Å². The highest BCUT2D eigenvalue weighted by atomic mass is 28.2. The Kier molecular flexibility index (Phi) is 4.93. The monoisotopic (exact) mass is 202 g/mol. The molecular weight excluding hydrogens is 184 g/mol. The molecule has 0 aromatic carbocycles. The summed E-state index contributed by atoms with van der Waals surface area (Å²) in [7, 11) is 2.90. The van der Waals surface area contributed by atoms with Crippen molar-refractivity contribution >= 4 is 9.52 Å². The molecule has 1 rings (SSSR count). The third-order valence-corrected chi connectivity index (χ3v) is 4.17. The minimum absolute atomic E-state index is 0.440. The van der Waals surface area contributed by atoms with Crippen LogP contribution >= 0.6 is 0 Å². The van der Waals surface area contributed by atoms with Crippen molar-refractivity contribution in [3.8, 4) is 0 Å². The van der Waals surface area contributed by atoms with Crippen LogP contribution in [0.2, 0.25) is 0 Å². The van der Waals surface area contributed by atoms with E-state index in [0.29, 0.717) is 5.73 Å². The highest BCUT2D eigenvalue weighted by Gasteiger charge is 2.16. The smallest absolute Gasteiger partial charge is 0.137 e. The van der Waals surface area contributed by atoms with Gasteiger partial charge in [0.1, 0.15) is 21.2 Å². The Morgan fingerprint density at radius 1 is 1.46 bits per heavy atom. The van der Waals surface area contributed by atoms with E-state index in [9.17, 15) is 0 Å². The zero-order valence-electron chi connectivity index (χ0n) is 8.41. The Morgan fingerprint density at radius 3 is 2.85 bits per heavy atom. The van der Waals surface area contributed by atoms with Crippen molar-refractivity contribution in [2.75, 3.05) is 20.8 Å². The van der Waals surface area contributed by atoms with Gasteiger partial charge < -0.3 is 14.2 Å². The van der Waals surface area contributed by atoms with Crippen LogP contribution in [0.15, 0.2) is 11.6 Å². The van der Waals surface area contributed by atoms with E-state index >= 15 is 0 Å². The molecule has 13 heavy (non-hydrogen) atoms. The summed E-state index contributed by atoms with van der Waals surface area (Å²) in [5.74, 6) is 0. The third kappa shape index (κ3) is 3.82. The summed E-state index contributed by atoms with van der Waals surface area (Å²) in [5, 5.41) is 0.995. The predicted molar refractivity (Wildman–Crippen MR) is 54.2 cm³/mol. The number of ether oxygens (including phenoxy) is 3.